The predicted octanol–water partition coefficient (Wildman–Crippen LogP) is 1.03. The Bertz CT molecular complexity index is 672. The van der Waals surface area contributed by atoms with Gasteiger partial charge in [-0.15, -0.1) is 0 Å². The summed E-state index contributed by atoms with van der Waals surface area (Å²) in [7, 11) is -3.70. The van der Waals surface area contributed by atoms with Gasteiger partial charge in [-0.2, -0.15) is 0 Å². The molecule has 25 heavy (non-hydrogen) atoms. The molecule has 7 nitrogen and oxygen atoms in total. The van der Waals surface area contributed by atoms with Crippen LogP contribution in [-0.2, 0) is 26.0 Å². The minimum absolute atomic E-state index is 0.0581. The van der Waals surface area contributed by atoms with Gasteiger partial charge in [-0.25, -0.2) is 13.6 Å². The van der Waals surface area contributed by atoms with Crippen LogP contribution in [0.4, 0.5) is 0 Å². The number of nitrogens with two attached hydrogens (primary N) is 1. The Morgan fingerprint density at radius 2 is 1.80 bits per heavy atom. The summed E-state index contributed by atoms with van der Waals surface area (Å²) in [6, 6.07) is 6.25. The van der Waals surface area contributed by atoms with Crippen molar-refractivity contribution >= 4 is 21.8 Å². The van der Waals surface area contributed by atoms with Crippen molar-refractivity contribution < 1.29 is 18.0 Å². The summed E-state index contributed by atoms with van der Waals surface area (Å²) in [5.74, 6) is -0.153. The molecule has 0 aliphatic rings. The standard InChI is InChI=1S/C17H27N3O4S/c1-3-4-11-19-17(22)10-13-20(14(2)21)12-9-15-5-7-16(8-6-15)25(18,23)24/h5-8H,3-4,9-13H2,1-2H3,(H,19,22)(H2,18,23,24). The summed E-state index contributed by atoms with van der Waals surface area (Å²) < 4.78 is 22.5. The van der Waals surface area contributed by atoms with E-state index in [0.717, 1.165) is 18.4 Å². The van der Waals surface area contributed by atoms with Crippen molar-refractivity contribution in [2.75, 3.05) is 19.6 Å². The van der Waals surface area contributed by atoms with Crippen LogP contribution in [-0.4, -0.2) is 44.8 Å². The highest BCUT2D eigenvalue weighted by Gasteiger charge is 2.12. The molecule has 0 aliphatic heterocycles. The third kappa shape index (κ3) is 8.13. The Kier molecular flexibility index (Phi) is 8.57. The molecule has 8 heteroatoms. The Morgan fingerprint density at radius 1 is 1.16 bits per heavy atom. The molecular weight excluding hydrogens is 342 g/mol. The first-order chi connectivity index (χ1) is 11.7. The van der Waals surface area contributed by atoms with Gasteiger partial charge in [0.05, 0.1) is 4.90 Å². The van der Waals surface area contributed by atoms with E-state index in [-0.39, 0.29) is 23.1 Å². The van der Waals surface area contributed by atoms with Crippen LogP contribution < -0.4 is 10.5 Å². The second kappa shape index (κ2) is 10.1. The van der Waals surface area contributed by atoms with Gasteiger partial charge in [0.1, 0.15) is 0 Å². The van der Waals surface area contributed by atoms with Gasteiger partial charge in [0, 0.05) is 33.0 Å². The summed E-state index contributed by atoms with van der Waals surface area (Å²) in [5, 5.41) is 7.89. The molecule has 0 atom stereocenters. The zero-order valence-electron chi connectivity index (χ0n) is 14.8. The fourth-order valence-electron chi connectivity index (χ4n) is 2.27. The van der Waals surface area contributed by atoms with Crippen LogP contribution in [0.15, 0.2) is 29.2 Å². The van der Waals surface area contributed by atoms with Gasteiger partial charge in [-0.1, -0.05) is 25.5 Å². The number of nitrogens with one attached hydrogen (secondary N) is 1. The number of rotatable bonds is 10. The largest absolute Gasteiger partial charge is 0.356 e. The first-order valence-corrected chi connectivity index (χ1v) is 9.92. The Balaban J connectivity index is 2.50. The molecule has 1 aromatic rings. The highest BCUT2D eigenvalue weighted by molar-refractivity contribution is 7.89. The lowest BCUT2D eigenvalue weighted by Crippen LogP contribution is -2.35. The summed E-state index contributed by atoms with van der Waals surface area (Å²) >= 11 is 0. The Morgan fingerprint density at radius 3 is 2.32 bits per heavy atom. The van der Waals surface area contributed by atoms with Gasteiger partial charge < -0.3 is 10.2 Å². The van der Waals surface area contributed by atoms with Crippen molar-refractivity contribution in [2.24, 2.45) is 5.14 Å². The molecule has 0 bridgehead atoms. The van der Waals surface area contributed by atoms with Crippen LogP contribution in [0.3, 0.4) is 0 Å². The van der Waals surface area contributed by atoms with Crippen LogP contribution in [0.25, 0.3) is 0 Å². The van der Waals surface area contributed by atoms with Gasteiger partial charge in [0.2, 0.25) is 21.8 Å². The average Bonchev–Trinajstić information content (AvgIpc) is 2.54. The number of amides is 2. The quantitative estimate of drug-likeness (QED) is 0.600. The van der Waals surface area contributed by atoms with Gasteiger partial charge >= 0.3 is 0 Å². The minimum atomic E-state index is -3.70. The Hall–Kier alpha value is -1.93. The number of primary sulfonamides is 1. The number of unbranched alkanes of at least 4 members (excludes halogenated alkanes) is 1. The average molecular weight is 369 g/mol. The minimum Gasteiger partial charge on any atom is -0.356 e. The molecule has 0 heterocycles. The van der Waals surface area contributed by atoms with E-state index in [1.807, 2.05) is 0 Å². The van der Waals surface area contributed by atoms with E-state index in [2.05, 4.69) is 12.2 Å². The van der Waals surface area contributed by atoms with E-state index in [0.29, 0.717) is 26.1 Å². The van der Waals surface area contributed by atoms with E-state index in [1.165, 1.54) is 19.1 Å². The first kappa shape index (κ1) is 21.1. The molecule has 0 radical (unpaired) electrons. The molecule has 1 rings (SSSR count). The third-order valence-electron chi connectivity index (χ3n) is 3.83. The third-order valence-corrected chi connectivity index (χ3v) is 4.76. The predicted molar refractivity (Wildman–Crippen MR) is 96.3 cm³/mol. The summed E-state index contributed by atoms with van der Waals surface area (Å²) in [6.45, 7) is 5.01. The molecule has 0 fully saturated rings. The molecule has 0 spiro atoms. The van der Waals surface area contributed by atoms with Crippen LogP contribution in [0, 0.1) is 0 Å². The molecule has 0 unspecified atom stereocenters. The van der Waals surface area contributed by atoms with Gasteiger partial charge in [0.25, 0.3) is 0 Å². The molecule has 0 aromatic heterocycles. The highest BCUT2D eigenvalue weighted by Crippen LogP contribution is 2.10. The monoisotopic (exact) mass is 369 g/mol. The SMILES string of the molecule is CCCCNC(=O)CCN(CCc1ccc(S(N)(=O)=O)cc1)C(C)=O. The number of hydrogen-bond acceptors (Lipinski definition) is 4. The topological polar surface area (TPSA) is 110 Å². The Labute approximate surface area is 149 Å². The lowest BCUT2D eigenvalue weighted by Gasteiger charge is -2.21. The summed E-state index contributed by atoms with van der Waals surface area (Å²) in [4.78, 5) is 25.1. The number of sulfonamides is 1. The fraction of sp³-hybridized carbons (Fsp3) is 0.529. The van der Waals surface area contributed by atoms with Crippen LogP contribution in [0.5, 0.6) is 0 Å². The lowest BCUT2D eigenvalue weighted by molar-refractivity contribution is -0.129. The molecular formula is C17H27N3O4S. The van der Waals surface area contributed by atoms with E-state index >= 15 is 0 Å². The second-order valence-electron chi connectivity index (χ2n) is 5.90. The highest BCUT2D eigenvalue weighted by atomic mass is 32.2. The van der Waals surface area contributed by atoms with Crippen molar-refractivity contribution in [2.45, 2.75) is 44.4 Å². The van der Waals surface area contributed by atoms with Crippen LogP contribution in [0.1, 0.15) is 38.7 Å². The van der Waals surface area contributed by atoms with E-state index in [1.54, 1.807) is 17.0 Å². The maximum atomic E-state index is 11.7. The van der Waals surface area contributed by atoms with Gasteiger partial charge in [-0.05, 0) is 30.5 Å². The maximum absolute atomic E-state index is 11.7. The van der Waals surface area contributed by atoms with E-state index in [9.17, 15) is 18.0 Å². The molecule has 0 saturated carbocycles. The smallest absolute Gasteiger partial charge is 0.238 e. The van der Waals surface area contributed by atoms with E-state index in [4.69, 9.17) is 5.14 Å². The van der Waals surface area contributed by atoms with E-state index < -0.39 is 10.0 Å². The lowest BCUT2D eigenvalue weighted by atomic mass is 10.1. The zero-order chi connectivity index (χ0) is 18.9. The van der Waals surface area contributed by atoms with Crippen molar-refractivity contribution in [3.05, 3.63) is 29.8 Å². The van der Waals surface area contributed by atoms with Gasteiger partial charge in [-0.3, -0.25) is 9.59 Å². The number of benzene rings is 1. The molecule has 0 saturated heterocycles. The number of hydrogen-bond donors (Lipinski definition) is 2. The number of nitrogens with zero attached hydrogens (tertiary/aromatic N) is 1. The van der Waals surface area contributed by atoms with Crippen molar-refractivity contribution in [3.8, 4) is 0 Å². The number of carbonyl (C=O) groups excluding carboxylic acids is 2. The maximum Gasteiger partial charge on any atom is 0.238 e. The fourth-order valence-corrected chi connectivity index (χ4v) is 2.78. The van der Waals surface area contributed by atoms with Crippen molar-refractivity contribution in [1.29, 1.82) is 0 Å². The molecule has 3 N–H and O–H groups in total. The zero-order valence-corrected chi connectivity index (χ0v) is 15.6. The second-order valence-corrected chi connectivity index (χ2v) is 7.46. The van der Waals surface area contributed by atoms with Crippen molar-refractivity contribution in [1.82, 2.24) is 10.2 Å². The molecule has 0 aliphatic carbocycles. The summed E-state index contributed by atoms with van der Waals surface area (Å²) in [5.41, 5.74) is 0.894. The first-order valence-electron chi connectivity index (χ1n) is 8.38. The number of carbonyl (C=O) groups is 2. The normalized spacial score (nSPS) is 11.2. The van der Waals surface area contributed by atoms with Crippen LogP contribution >= 0.6 is 0 Å². The molecule has 1 aromatic carbocycles. The van der Waals surface area contributed by atoms with Gasteiger partial charge in [0.15, 0.2) is 0 Å². The molecule has 140 valence electrons. The summed E-state index contributed by atoms with van der Waals surface area (Å²) in [6.07, 6.45) is 2.80. The van der Waals surface area contributed by atoms with Crippen molar-refractivity contribution in [3.63, 3.8) is 0 Å². The molecule has 2 amide bonds. The van der Waals surface area contributed by atoms with Crippen LogP contribution in [0.2, 0.25) is 0 Å².